The highest BCUT2D eigenvalue weighted by molar-refractivity contribution is 8.08. The van der Waals surface area contributed by atoms with Gasteiger partial charge in [-0.1, -0.05) is 11.6 Å². The van der Waals surface area contributed by atoms with Gasteiger partial charge in [0.1, 0.15) is 0 Å². The normalized spacial score (nSPS) is 27.3. The molecule has 0 bridgehead atoms. The molecule has 0 aromatic carbocycles. The minimum Gasteiger partial charge on any atom is -0.392 e. The molecule has 0 aromatic heterocycles. The van der Waals surface area contributed by atoms with Gasteiger partial charge in [-0.25, -0.2) is 0 Å². The van der Waals surface area contributed by atoms with Crippen molar-refractivity contribution in [3.63, 3.8) is 0 Å². The van der Waals surface area contributed by atoms with Crippen LogP contribution in [-0.2, 0) is 0 Å². The number of hydrogen-bond acceptors (Lipinski definition) is 2. The molecule has 1 heterocycles. The van der Waals surface area contributed by atoms with Gasteiger partial charge in [-0.15, -0.1) is 11.8 Å². The molecule has 0 aromatic rings. The number of aliphatic hydroxyl groups excluding tert-OH is 1. The predicted octanol–water partition coefficient (Wildman–Crippen LogP) is 2.60. The molecule has 12 heavy (non-hydrogen) atoms. The van der Waals surface area contributed by atoms with Gasteiger partial charge < -0.3 is 5.11 Å². The van der Waals surface area contributed by atoms with Crippen molar-refractivity contribution in [1.82, 2.24) is 0 Å². The second kappa shape index (κ2) is 3.84. The van der Waals surface area contributed by atoms with E-state index in [1.54, 1.807) is 0 Å². The summed E-state index contributed by atoms with van der Waals surface area (Å²) < 4.78 is 0.527. The Kier molecular flexibility index (Phi) is 3.24. The van der Waals surface area contributed by atoms with Crippen molar-refractivity contribution in [2.45, 2.75) is 43.6 Å². The van der Waals surface area contributed by atoms with Crippen LogP contribution in [0.3, 0.4) is 0 Å². The van der Waals surface area contributed by atoms with E-state index in [4.69, 9.17) is 5.11 Å². The Hall–Kier alpha value is 0.0500. The largest absolute Gasteiger partial charge is 0.392 e. The predicted molar refractivity (Wildman–Crippen MR) is 55.5 cm³/mol. The summed E-state index contributed by atoms with van der Waals surface area (Å²) in [6.45, 7) is 6.88. The van der Waals surface area contributed by atoms with Crippen LogP contribution < -0.4 is 0 Å². The molecule has 0 amide bonds. The summed E-state index contributed by atoms with van der Waals surface area (Å²) in [4.78, 5) is 0. The zero-order valence-electron chi connectivity index (χ0n) is 8.13. The standard InChI is InChI=1S/C10H18OS/c1-8(6-7-11)4-5-9-10(2,3)12-9/h6,9,11H,4-5,7H2,1-3H3. The van der Waals surface area contributed by atoms with E-state index in [2.05, 4.69) is 32.5 Å². The van der Waals surface area contributed by atoms with Crippen molar-refractivity contribution in [1.29, 1.82) is 0 Å². The zero-order valence-corrected chi connectivity index (χ0v) is 8.95. The lowest BCUT2D eigenvalue weighted by molar-refractivity contribution is 0.341. The molecule has 0 saturated carbocycles. The monoisotopic (exact) mass is 186 g/mol. The smallest absolute Gasteiger partial charge is 0.0614 e. The Morgan fingerprint density at radius 2 is 2.17 bits per heavy atom. The summed E-state index contributed by atoms with van der Waals surface area (Å²) in [7, 11) is 0. The summed E-state index contributed by atoms with van der Waals surface area (Å²) in [5, 5.41) is 9.49. The van der Waals surface area contributed by atoms with E-state index in [9.17, 15) is 0 Å². The fraction of sp³-hybridized carbons (Fsp3) is 0.800. The molecule has 1 nitrogen and oxygen atoms in total. The highest BCUT2D eigenvalue weighted by atomic mass is 32.2. The lowest BCUT2D eigenvalue weighted by Gasteiger charge is -2.01. The summed E-state index contributed by atoms with van der Waals surface area (Å²) in [6.07, 6.45) is 4.31. The van der Waals surface area contributed by atoms with Gasteiger partial charge in [0.25, 0.3) is 0 Å². The van der Waals surface area contributed by atoms with Crippen molar-refractivity contribution in [2.24, 2.45) is 0 Å². The molecule has 0 aliphatic carbocycles. The molecule has 1 atom stereocenters. The van der Waals surface area contributed by atoms with Gasteiger partial charge in [0.2, 0.25) is 0 Å². The Morgan fingerprint density at radius 1 is 1.58 bits per heavy atom. The van der Waals surface area contributed by atoms with E-state index >= 15 is 0 Å². The molecular formula is C10H18OS. The van der Waals surface area contributed by atoms with Crippen LogP contribution in [0.5, 0.6) is 0 Å². The van der Waals surface area contributed by atoms with Crippen LogP contribution in [0.1, 0.15) is 33.6 Å². The third kappa shape index (κ3) is 2.83. The Morgan fingerprint density at radius 3 is 2.58 bits per heavy atom. The molecule has 1 saturated heterocycles. The molecule has 1 aliphatic heterocycles. The average Bonchev–Trinajstić information content (AvgIpc) is 2.56. The van der Waals surface area contributed by atoms with Crippen molar-refractivity contribution < 1.29 is 5.11 Å². The van der Waals surface area contributed by atoms with Crippen LogP contribution in [-0.4, -0.2) is 21.7 Å². The van der Waals surface area contributed by atoms with Gasteiger partial charge in [-0.05, 0) is 33.6 Å². The van der Waals surface area contributed by atoms with Crippen molar-refractivity contribution in [3.8, 4) is 0 Å². The number of aliphatic hydroxyl groups is 1. The second-order valence-electron chi connectivity index (χ2n) is 3.98. The number of thioether (sulfide) groups is 1. The van der Waals surface area contributed by atoms with Crippen LogP contribution in [0.2, 0.25) is 0 Å². The Labute approximate surface area is 79.2 Å². The van der Waals surface area contributed by atoms with E-state index in [1.165, 1.54) is 12.0 Å². The molecule has 0 spiro atoms. The number of allylic oxidation sites excluding steroid dienone is 1. The summed E-state index contributed by atoms with van der Waals surface area (Å²) in [5.41, 5.74) is 1.32. The first-order valence-electron chi connectivity index (χ1n) is 4.50. The number of hydrogen-bond donors (Lipinski definition) is 1. The molecule has 1 N–H and O–H groups in total. The fourth-order valence-electron chi connectivity index (χ4n) is 1.36. The Bertz CT molecular complexity index is 184. The topological polar surface area (TPSA) is 20.2 Å². The van der Waals surface area contributed by atoms with Crippen molar-refractivity contribution in [2.75, 3.05) is 6.61 Å². The first kappa shape index (κ1) is 10.1. The van der Waals surface area contributed by atoms with E-state index in [0.717, 1.165) is 11.7 Å². The minimum absolute atomic E-state index is 0.188. The Balaban J connectivity index is 2.15. The van der Waals surface area contributed by atoms with Gasteiger partial charge in [0.15, 0.2) is 0 Å². The number of rotatable bonds is 4. The fourth-order valence-corrected chi connectivity index (χ4v) is 2.37. The highest BCUT2D eigenvalue weighted by Gasteiger charge is 2.45. The lowest BCUT2D eigenvalue weighted by Crippen LogP contribution is -2.02. The molecule has 1 fully saturated rings. The van der Waals surface area contributed by atoms with Crippen molar-refractivity contribution in [3.05, 3.63) is 11.6 Å². The maximum atomic E-state index is 8.64. The van der Waals surface area contributed by atoms with Gasteiger partial charge in [-0.3, -0.25) is 0 Å². The van der Waals surface area contributed by atoms with Crippen LogP contribution in [0.15, 0.2) is 11.6 Å². The first-order chi connectivity index (χ1) is 5.56. The van der Waals surface area contributed by atoms with Crippen LogP contribution >= 0.6 is 11.8 Å². The van der Waals surface area contributed by atoms with Gasteiger partial charge in [0, 0.05) is 10.00 Å². The highest BCUT2D eigenvalue weighted by Crippen LogP contribution is 2.55. The lowest BCUT2D eigenvalue weighted by atomic mass is 10.0. The molecule has 1 unspecified atom stereocenters. The molecule has 70 valence electrons. The first-order valence-corrected chi connectivity index (χ1v) is 5.38. The molecule has 2 heteroatoms. The average molecular weight is 186 g/mol. The molecule has 1 rings (SSSR count). The zero-order chi connectivity index (χ0) is 9.19. The molecular weight excluding hydrogens is 168 g/mol. The molecule has 1 aliphatic rings. The third-order valence-corrected chi connectivity index (χ3v) is 4.15. The molecule has 0 radical (unpaired) electrons. The minimum atomic E-state index is 0.188. The SMILES string of the molecule is CC(=CCO)CCC1SC1(C)C. The maximum Gasteiger partial charge on any atom is 0.0614 e. The van der Waals surface area contributed by atoms with Crippen LogP contribution in [0, 0.1) is 0 Å². The van der Waals surface area contributed by atoms with Gasteiger partial charge in [-0.2, -0.15) is 0 Å². The van der Waals surface area contributed by atoms with Crippen molar-refractivity contribution >= 4 is 11.8 Å². The maximum absolute atomic E-state index is 8.64. The van der Waals surface area contributed by atoms with Gasteiger partial charge >= 0.3 is 0 Å². The van der Waals surface area contributed by atoms with E-state index < -0.39 is 0 Å². The van der Waals surface area contributed by atoms with Crippen LogP contribution in [0.25, 0.3) is 0 Å². The van der Waals surface area contributed by atoms with Gasteiger partial charge in [0.05, 0.1) is 6.61 Å². The quantitative estimate of drug-likeness (QED) is 0.538. The van der Waals surface area contributed by atoms with Crippen LogP contribution in [0.4, 0.5) is 0 Å². The summed E-state index contributed by atoms with van der Waals surface area (Å²) in [6, 6.07) is 0. The summed E-state index contributed by atoms with van der Waals surface area (Å²) in [5.74, 6) is 0. The van der Waals surface area contributed by atoms with E-state index in [1.807, 2.05) is 6.08 Å². The summed E-state index contributed by atoms with van der Waals surface area (Å²) >= 11 is 2.06. The third-order valence-electron chi connectivity index (χ3n) is 2.40. The van der Waals surface area contributed by atoms with E-state index in [0.29, 0.717) is 4.75 Å². The second-order valence-corrected chi connectivity index (χ2v) is 5.84. The van der Waals surface area contributed by atoms with E-state index in [-0.39, 0.29) is 6.61 Å².